The first-order chi connectivity index (χ1) is 6.96. The lowest BCUT2D eigenvalue weighted by molar-refractivity contribution is -0.159. The third kappa shape index (κ3) is 3.36. The van der Waals surface area contributed by atoms with Gasteiger partial charge < -0.3 is 15.2 Å². The normalized spacial score (nSPS) is 11.3. The summed E-state index contributed by atoms with van der Waals surface area (Å²) in [6, 6.07) is 4.42. The van der Waals surface area contributed by atoms with Gasteiger partial charge >= 0.3 is 6.11 Å². The molecule has 0 unspecified atom stereocenters. The molecule has 3 nitrogen and oxygen atoms in total. The number of rotatable bonds is 4. The summed E-state index contributed by atoms with van der Waals surface area (Å²) < 4.78 is 34.5. The smallest absolute Gasteiger partial charge is 0.394 e. The van der Waals surface area contributed by atoms with Crippen molar-refractivity contribution in [1.29, 1.82) is 0 Å². The Hall–Kier alpha value is -1.36. The van der Waals surface area contributed by atoms with Crippen molar-refractivity contribution in [2.75, 3.05) is 7.11 Å². The highest BCUT2D eigenvalue weighted by molar-refractivity contribution is 5.40. The molecule has 1 aromatic carbocycles. The van der Waals surface area contributed by atoms with Crippen molar-refractivity contribution in [3.8, 4) is 11.5 Å². The van der Waals surface area contributed by atoms with E-state index in [1.807, 2.05) is 0 Å². The van der Waals surface area contributed by atoms with Gasteiger partial charge in [-0.3, -0.25) is 0 Å². The Labute approximate surface area is 86.8 Å². The average Bonchev–Trinajstić information content (AvgIpc) is 2.15. The van der Waals surface area contributed by atoms with Gasteiger partial charge in [0.05, 0.1) is 7.11 Å². The van der Waals surface area contributed by atoms with Crippen molar-refractivity contribution in [2.45, 2.75) is 19.6 Å². The molecule has 0 bridgehead atoms. The van der Waals surface area contributed by atoms with E-state index in [0.29, 0.717) is 12.7 Å². The van der Waals surface area contributed by atoms with Crippen LogP contribution in [0.5, 0.6) is 11.5 Å². The minimum absolute atomic E-state index is 0.0524. The van der Waals surface area contributed by atoms with Crippen LogP contribution in [0.2, 0.25) is 0 Å². The zero-order chi connectivity index (χ0) is 11.5. The second kappa shape index (κ2) is 4.44. The van der Waals surface area contributed by atoms with E-state index in [1.54, 1.807) is 6.07 Å². The standard InChI is InChI=1S/C10H13F2NO2/c1-10(11,12)15-8-4-3-7(6-13)9(5-8)14-2/h3-5H,6,13H2,1-2H3. The fraction of sp³-hybridized carbons (Fsp3) is 0.400. The minimum atomic E-state index is -3.20. The number of nitrogens with two attached hydrogens (primary N) is 1. The monoisotopic (exact) mass is 217 g/mol. The molecular weight excluding hydrogens is 204 g/mol. The van der Waals surface area contributed by atoms with E-state index >= 15 is 0 Å². The van der Waals surface area contributed by atoms with Crippen molar-refractivity contribution in [3.05, 3.63) is 23.8 Å². The van der Waals surface area contributed by atoms with Gasteiger partial charge in [0.2, 0.25) is 0 Å². The Morgan fingerprint density at radius 1 is 1.40 bits per heavy atom. The van der Waals surface area contributed by atoms with Crippen LogP contribution in [0.3, 0.4) is 0 Å². The SMILES string of the molecule is COc1cc(OC(C)(F)F)ccc1CN. The molecule has 0 spiro atoms. The van der Waals surface area contributed by atoms with E-state index in [1.165, 1.54) is 19.2 Å². The van der Waals surface area contributed by atoms with Crippen LogP contribution in [0.15, 0.2) is 18.2 Å². The van der Waals surface area contributed by atoms with Crippen molar-refractivity contribution < 1.29 is 18.3 Å². The molecule has 0 atom stereocenters. The van der Waals surface area contributed by atoms with Gasteiger partial charge in [-0.05, 0) is 6.07 Å². The van der Waals surface area contributed by atoms with Crippen molar-refractivity contribution >= 4 is 0 Å². The van der Waals surface area contributed by atoms with E-state index in [9.17, 15) is 8.78 Å². The van der Waals surface area contributed by atoms with Crippen LogP contribution in [0.25, 0.3) is 0 Å². The van der Waals surface area contributed by atoms with Gasteiger partial charge in [0.1, 0.15) is 11.5 Å². The summed E-state index contributed by atoms with van der Waals surface area (Å²) in [5, 5.41) is 0. The molecule has 15 heavy (non-hydrogen) atoms. The predicted octanol–water partition coefficient (Wildman–Crippen LogP) is 2.15. The molecule has 0 radical (unpaired) electrons. The number of halogens is 2. The molecule has 1 rings (SSSR count). The molecular formula is C10H13F2NO2. The molecule has 0 aliphatic heterocycles. The molecule has 0 aromatic heterocycles. The lowest BCUT2D eigenvalue weighted by Gasteiger charge is -2.14. The number of benzene rings is 1. The lowest BCUT2D eigenvalue weighted by atomic mass is 10.2. The highest BCUT2D eigenvalue weighted by Crippen LogP contribution is 2.27. The molecule has 0 amide bonds. The molecule has 84 valence electrons. The second-order valence-electron chi connectivity index (χ2n) is 3.09. The third-order valence-electron chi connectivity index (χ3n) is 1.78. The van der Waals surface area contributed by atoms with Crippen LogP contribution in [0.1, 0.15) is 12.5 Å². The van der Waals surface area contributed by atoms with Gasteiger partial charge in [-0.2, -0.15) is 8.78 Å². The summed E-state index contributed by atoms with van der Waals surface area (Å²) in [6.07, 6.45) is -3.20. The zero-order valence-corrected chi connectivity index (χ0v) is 8.59. The van der Waals surface area contributed by atoms with Gasteiger partial charge in [-0.1, -0.05) is 6.07 Å². The Morgan fingerprint density at radius 3 is 2.53 bits per heavy atom. The van der Waals surface area contributed by atoms with Crippen molar-refractivity contribution in [2.24, 2.45) is 5.73 Å². The molecule has 0 aliphatic rings. The zero-order valence-electron chi connectivity index (χ0n) is 8.59. The maximum Gasteiger partial charge on any atom is 0.394 e. The van der Waals surface area contributed by atoms with E-state index in [0.717, 1.165) is 5.56 Å². The van der Waals surface area contributed by atoms with Gasteiger partial charge in [0.25, 0.3) is 0 Å². The molecule has 0 aliphatic carbocycles. The predicted molar refractivity (Wildman–Crippen MR) is 52.1 cm³/mol. The van der Waals surface area contributed by atoms with E-state index in [2.05, 4.69) is 4.74 Å². The minimum Gasteiger partial charge on any atom is -0.496 e. The summed E-state index contributed by atoms with van der Waals surface area (Å²) in [5.41, 5.74) is 6.17. The Bertz CT molecular complexity index is 337. The highest BCUT2D eigenvalue weighted by Gasteiger charge is 2.23. The van der Waals surface area contributed by atoms with Gasteiger partial charge in [-0.25, -0.2) is 0 Å². The molecule has 2 N–H and O–H groups in total. The summed E-state index contributed by atoms with van der Waals surface area (Å²) in [4.78, 5) is 0. The molecule has 0 fully saturated rings. The number of ether oxygens (including phenoxy) is 2. The van der Waals surface area contributed by atoms with Crippen LogP contribution < -0.4 is 15.2 Å². The van der Waals surface area contributed by atoms with E-state index in [4.69, 9.17) is 10.5 Å². The maximum absolute atomic E-state index is 12.5. The topological polar surface area (TPSA) is 44.5 Å². The largest absolute Gasteiger partial charge is 0.496 e. The number of alkyl halides is 2. The molecule has 0 saturated heterocycles. The van der Waals surface area contributed by atoms with Gasteiger partial charge in [-0.15, -0.1) is 0 Å². The van der Waals surface area contributed by atoms with Crippen LogP contribution >= 0.6 is 0 Å². The van der Waals surface area contributed by atoms with Crippen LogP contribution in [0.4, 0.5) is 8.78 Å². The fourth-order valence-corrected chi connectivity index (χ4v) is 1.16. The van der Waals surface area contributed by atoms with Crippen LogP contribution in [-0.4, -0.2) is 13.2 Å². The van der Waals surface area contributed by atoms with Gasteiger partial charge in [0, 0.05) is 25.1 Å². The van der Waals surface area contributed by atoms with Crippen LogP contribution in [-0.2, 0) is 6.54 Å². The first kappa shape index (κ1) is 11.7. The molecule has 0 heterocycles. The Kier molecular flexibility index (Phi) is 3.47. The first-order valence-corrected chi connectivity index (χ1v) is 4.40. The molecule has 0 saturated carbocycles. The summed E-state index contributed by atoms with van der Waals surface area (Å²) >= 11 is 0. The lowest BCUT2D eigenvalue weighted by Crippen LogP contribution is -2.19. The summed E-state index contributed by atoms with van der Waals surface area (Å²) in [5.74, 6) is 0.496. The van der Waals surface area contributed by atoms with E-state index < -0.39 is 6.11 Å². The summed E-state index contributed by atoms with van der Waals surface area (Å²) in [6.45, 7) is 0.961. The van der Waals surface area contributed by atoms with Crippen LogP contribution in [0, 0.1) is 0 Å². The highest BCUT2D eigenvalue weighted by atomic mass is 19.3. The number of hydrogen-bond donors (Lipinski definition) is 1. The molecule has 1 aromatic rings. The Morgan fingerprint density at radius 2 is 2.07 bits per heavy atom. The van der Waals surface area contributed by atoms with Gasteiger partial charge in [0.15, 0.2) is 0 Å². The van der Waals surface area contributed by atoms with E-state index in [-0.39, 0.29) is 12.3 Å². The maximum atomic E-state index is 12.5. The molecule has 5 heteroatoms. The fourth-order valence-electron chi connectivity index (χ4n) is 1.16. The Balaban J connectivity index is 2.93. The number of hydrogen-bond acceptors (Lipinski definition) is 3. The average molecular weight is 217 g/mol. The number of methoxy groups -OCH3 is 1. The van der Waals surface area contributed by atoms with Crippen molar-refractivity contribution in [3.63, 3.8) is 0 Å². The first-order valence-electron chi connectivity index (χ1n) is 4.40. The third-order valence-corrected chi connectivity index (χ3v) is 1.78. The second-order valence-corrected chi connectivity index (χ2v) is 3.09. The summed E-state index contributed by atoms with van der Waals surface area (Å²) in [7, 11) is 1.45. The van der Waals surface area contributed by atoms with Crippen molar-refractivity contribution in [1.82, 2.24) is 0 Å². The quantitative estimate of drug-likeness (QED) is 0.840.